The van der Waals surface area contributed by atoms with Crippen molar-refractivity contribution < 1.29 is 14.0 Å². The standard InChI is InChI=1S/C10H14N4O3S/c1-5(7(15)12-9(16)11-2)18-10-14-13-8(17-10)6-3-4-6/h5-6H,3-4H2,1-2H3,(H2,11,12,15,16)/t5-/m0/s1. The van der Waals surface area contributed by atoms with Gasteiger partial charge in [-0.2, -0.15) is 0 Å². The molecule has 0 aromatic carbocycles. The molecule has 0 unspecified atom stereocenters. The van der Waals surface area contributed by atoms with Crippen LogP contribution < -0.4 is 10.6 Å². The summed E-state index contributed by atoms with van der Waals surface area (Å²) in [6, 6.07) is -0.531. The number of thioether (sulfide) groups is 1. The van der Waals surface area contributed by atoms with Crippen LogP contribution in [0.25, 0.3) is 0 Å². The average molecular weight is 270 g/mol. The Bertz CT molecular complexity index is 458. The quantitative estimate of drug-likeness (QED) is 0.788. The molecule has 2 N–H and O–H groups in total. The van der Waals surface area contributed by atoms with Crippen LogP contribution in [0.5, 0.6) is 0 Å². The molecule has 1 fully saturated rings. The second kappa shape index (κ2) is 5.38. The summed E-state index contributed by atoms with van der Waals surface area (Å²) in [5, 5.41) is 12.2. The van der Waals surface area contributed by atoms with Crippen LogP contribution in [0.3, 0.4) is 0 Å². The van der Waals surface area contributed by atoms with Gasteiger partial charge in [-0.25, -0.2) is 4.79 Å². The summed E-state index contributed by atoms with van der Waals surface area (Å²) < 4.78 is 5.42. The van der Waals surface area contributed by atoms with Crippen LogP contribution >= 0.6 is 11.8 Å². The summed E-state index contributed by atoms with van der Waals surface area (Å²) in [6.07, 6.45) is 2.16. The molecule has 3 amide bonds. The third kappa shape index (κ3) is 3.22. The molecule has 1 aromatic rings. The number of nitrogens with zero attached hydrogens (tertiary/aromatic N) is 2. The Morgan fingerprint density at radius 2 is 2.17 bits per heavy atom. The fourth-order valence-corrected chi connectivity index (χ4v) is 1.93. The molecule has 1 aliphatic rings. The highest BCUT2D eigenvalue weighted by molar-refractivity contribution is 8.00. The van der Waals surface area contributed by atoms with Crippen LogP contribution in [-0.4, -0.2) is 34.4 Å². The van der Waals surface area contributed by atoms with Crippen molar-refractivity contribution >= 4 is 23.7 Å². The van der Waals surface area contributed by atoms with E-state index < -0.39 is 17.2 Å². The molecule has 0 radical (unpaired) electrons. The summed E-state index contributed by atoms with van der Waals surface area (Å²) >= 11 is 1.14. The van der Waals surface area contributed by atoms with E-state index in [0.717, 1.165) is 24.6 Å². The summed E-state index contributed by atoms with van der Waals surface area (Å²) in [5.41, 5.74) is 0. The lowest BCUT2D eigenvalue weighted by Crippen LogP contribution is -2.41. The third-order valence-corrected chi connectivity index (χ3v) is 3.39. The largest absolute Gasteiger partial charge is 0.416 e. The maximum atomic E-state index is 11.6. The normalized spacial score (nSPS) is 16.1. The van der Waals surface area contributed by atoms with E-state index in [9.17, 15) is 9.59 Å². The molecule has 1 aliphatic carbocycles. The second-order valence-electron chi connectivity index (χ2n) is 4.01. The lowest BCUT2D eigenvalue weighted by Gasteiger charge is -2.07. The van der Waals surface area contributed by atoms with E-state index in [2.05, 4.69) is 20.8 Å². The highest BCUT2D eigenvalue weighted by Gasteiger charge is 2.30. The van der Waals surface area contributed by atoms with Gasteiger partial charge in [0.15, 0.2) is 0 Å². The van der Waals surface area contributed by atoms with Gasteiger partial charge in [0.2, 0.25) is 11.8 Å². The minimum absolute atomic E-state index is 0.358. The molecule has 1 aromatic heterocycles. The minimum Gasteiger partial charge on any atom is -0.416 e. The maximum absolute atomic E-state index is 11.6. The van der Waals surface area contributed by atoms with Crippen molar-refractivity contribution in [1.82, 2.24) is 20.8 Å². The maximum Gasteiger partial charge on any atom is 0.321 e. The summed E-state index contributed by atoms with van der Waals surface area (Å²) in [4.78, 5) is 22.6. The van der Waals surface area contributed by atoms with Gasteiger partial charge in [0.1, 0.15) is 0 Å². The Kier molecular flexibility index (Phi) is 3.85. The number of urea groups is 1. The number of rotatable bonds is 4. The minimum atomic E-state index is -0.531. The van der Waals surface area contributed by atoms with Gasteiger partial charge in [0.25, 0.3) is 5.22 Å². The van der Waals surface area contributed by atoms with E-state index in [1.165, 1.54) is 7.05 Å². The predicted molar refractivity (Wildman–Crippen MR) is 64.2 cm³/mol. The van der Waals surface area contributed by atoms with Crippen molar-refractivity contribution in [3.05, 3.63) is 5.89 Å². The molecule has 0 aliphatic heterocycles. The van der Waals surface area contributed by atoms with E-state index in [1.54, 1.807) is 6.92 Å². The van der Waals surface area contributed by atoms with Gasteiger partial charge >= 0.3 is 6.03 Å². The van der Waals surface area contributed by atoms with Crippen LogP contribution in [-0.2, 0) is 4.79 Å². The zero-order chi connectivity index (χ0) is 13.1. The molecule has 8 heteroatoms. The first-order valence-corrected chi connectivity index (χ1v) is 6.50. The molecule has 2 rings (SSSR count). The highest BCUT2D eigenvalue weighted by atomic mass is 32.2. The summed E-state index contributed by atoms with van der Waals surface area (Å²) in [7, 11) is 1.44. The van der Waals surface area contributed by atoms with Crippen molar-refractivity contribution in [3.63, 3.8) is 0 Å². The van der Waals surface area contributed by atoms with E-state index in [-0.39, 0.29) is 0 Å². The summed E-state index contributed by atoms with van der Waals surface area (Å²) in [5.74, 6) is 0.629. The van der Waals surface area contributed by atoms with Gasteiger partial charge in [-0.05, 0) is 19.8 Å². The van der Waals surface area contributed by atoms with Gasteiger partial charge in [-0.15, -0.1) is 10.2 Å². The van der Waals surface area contributed by atoms with Gasteiger partial charge < -0.3 is 9.73 Å². The molecule has 18 heavy (non-hydrogen) atoms. The Hall–Kier alpha value is -1.57. The zero-order valence-corrected chi connectivity index (χ0v) is 10.9. The van der Waals surface area contributed by atoms with E-state index in [0.29, 0.717) is 17.0 Å². The molecule has 1 heterocycles. The first-order chi connectivity index (χ1) is 8.60. The predicted octanol–water partition coefficient (Wildman–Crippen LogP) is 0.883. The van der Waals surface area contributed by atoms with Gasteiger partial charge in [-0.3, -0.25) is 10.1 Å². The summed E-state index contributed by atoms with van der Waals surface area (Å²) in [6.45, 7) is 1.67. The molecule has 0 saturated heterocycles. The molecular formula is C10H14N4O3S. The number of aromatic nitrogens is 2. The van der Waals surface area contributed by atoms with Gasteiger partial charge in [0, 0.05) is 13.0 Å². The fourth-order valence-electron chi connectivity index (χ4n) is 1.24. The number of hydrogen-bond donors (Lipinski definition) is 2. The van der Waals surface area contributed by atoms with Crippen molar-refractivity contribution in [2.24, 2.45) is 0 Å². The highest BCUT2D eigenvalue weighted by Crippen LogP contribution is 2.40. The van der Waals surface area contributed by atoms with Crippen molar-refractivity contribution in [2.75, 3.05) is 7.05 Å². The first-order valence-electron chi connectivity index (χ1n) is 5.62. The van der Waals surface area contributed by atoms with Crippen LogP contribution in [0.1, 0.15) is 31.6 Å². The monoisotopic (exact) mass is 270 g/mol. The average Bonchev–Trinajstić information content (AvgIpc) is 3.10. The van der Waals surface area contributed by atoms with Crippen molar-refractivity contribution in [1.29, 1.82) is 0 Å². The Balaban J connectivity index is 1.87. The first kappa shape index (κ1) is 12.9. The number of amides is 3. The van der Waals surface area contributed by atoms with E-state index in [4.69, 9.17) is 4.42 Å². The second-order valence-corrected chi connectivity index (χ2v) is 5.30. The van der Waals surface area contributed by atoms with Crippen LogP contribution in [0.15, 0.2) is 9.64 Å². The number of hydrogen-bond acceptors (Lipinski definition) is 6. The molecule has 1 atom stereocenters. The van der Waals surface area contributed by atoms with Gasteiger partial charge in [-0.1, -0.05) is 11.8 Å². The zero-order valence-electron chi connectivity index (χ0n) is 10.1. The third-order valence-electron chi connectivity index (χ3n) is 2.46. The SMILES string of the molecule is CNC(=O)NC(=O)[C@H](C)Sc1nnc(C2CC2)o1. The number of nitrogens with one attached hydrogen (secondary N) is 2. The molecule has 1 saturated carbocycles. The molecular weight excluding hydrogens is 256 g/mol. The van der Waals surface area contributed by atoms with Crippen LogP contribution in [0, 0.1) is 0 Å². The Morgan fingerprint density at radius 1 is 1.44 bits per heavy atom. The Morgan fingerprint density at radius 3 is 2.78 bits per heavy atom. The molecule has 0 bridgehead atoms. The van der Waals surface area contributed by atoms with Crippen molar-refractivity contribution in [2.45, 2.75) is 36.2 Å². The lowest BCUT2D eigenvalue weighted by atomic mass is 10.4. The lowest BCUT2D eigenvalue weighted by molar-refractivity contribution is -0.119. The van der Waals surface area contributed by atoms with Gasteiger partial charge in [0.05, 0.1) is 5.25 Å². The van der Waals surface area contributed by atoms with E-state index in [1.807, 2.05) is 0 Å². The molecule has 98 valence electrons. The number of imide groups is 1. The Labute approximate surface area is 108 Å². The van der Waals surface area contributed by atoms with E-state index >= 15 is 0 Å². The topological polar surface area (TPSA) is 97.1 Å². The number of carbonyl (C=O) groups excluding carboxylic acids is 2. The smallest absolute Gasteiger partial charge is 0.321 e. The number of carbonyl (C=O) groups is 2. The molecule has 0 spiro atoms. The van der Waals surface area contributed by atoms with Crippen LogP contribution in [0.4, 0.5) is 4.79 Å². The fraction of sp³-hybridized carbons (Fsp3) is 0.600. The molecule has 7 nitrogen and oxygen atoms in total. The van der Waals surface area contributed by atoms with Crippen molar-refractivity contribution in [3.8, 4) is 0 Å². The van der Waals surface area contributed by atoms with Crippen LogP contribution in [0.2, 0.25) is 0 Å².